The number of nitrogens with zero attached hydrogens (tertiary/aromatic N) is 3. The largest absolute Gasteiger partial charge is 0.482 e. The molecule has 1 aromatic heterocycles. The third kappa shape index (κ3) is 2.36. The van der Waals surface area contributed by atoms with E-state index in [1.165, 1.54) is 12.8 Å². The molecule has 22 heavy (non-hydrogen) atoms. The number of rotatable bonds is 3. The first kappa shape index (κ1) is 13.1. The molecule has 2 aliphatic rings. The third-order valence-corrected chi connectivity index (χ3v) is 3.93. The Kier molecular flexibility index (Phi) is 2.96. The summed E-state index contributed by atoms with van der Waals surface area (Å²) in [4.78, 5) is 22.2. The van der Waals surface area contributed by atoms with E-state index in [4.69, 9.17) is 4.74 Å². The van der Waals surface area contributed by atoms with Crippen LogP contribution < -0.4 is 15.0 Å². The van der Waals surface area contributed by atoms with Crippen LogP contribution in [0.3, 0.4) is 0 Å². The van der Waals surface area contributed by atoms with Crippen molar-refractivity contribution < 1.29 is 9.53 Å². The van der Waals surface area contributed by atoms with Gasteiger partial charge in [0.25, 0.3) is 5.91 Å². The summed E-state index contributed by atoms with van der Waals surface area (Å²) >= 11 is 0. The van der Waals surface area contributed by atoms with Crippen LogP contribution in [0.1, 0.15) is 24.6 Å². The van der Waals surface area contributed by atoms with Gasteiger partial charge in [-0.05, 0) is 37.1 Å². The Morgan fingerprint density at radius 1 is 1.32 bits per heavy atom. The molecule has 0 spiro atoms. The first-order valence-electron chi connectivity index (χ1n) is 7.34. The molecule has 1 amide bonds. The van der Waals surface area contributed by atoms with Crippen LogP contribution in [0.2, 0.25) is 0 Å². The third-order valence-electron chi connectivity index (χ3n) is 3.93. The zero-order valence-corrected chi connectivity index (χ0v) is 12.2. The molecule has 0 saturated heterocycles. The highest BCUT2D eigenvalue weighted by Gasteiger charge is 2.26. The Labute approximate surface area is 128 Å². The van der Waals surface area contributed by atoms with Crippen molar-refractivity contribution in [1.29, 1.82) is 0 Å². The number of benzene rings is 1. The second kappa shape index (κ2) is 4.98. The molecular formula is C16H16N4O2. The zero-order valence-electron chi connectivity index (χ0n) is 12.2. The van der Waals surface area contributed by atoms with Gasteiger partial charge in [0.15, 0.2) is 6.61 Å². The zero-order chi connectivity index (χ0) is 15.1. The van der Waals surface area contributed by atoms with Gasteiger partial charge in [0, 0.05) is 24.8 Å². The van der Waals surface area contributed by atoms with Crippen molar-refractivity contribution in [1.82, 2.24) is 9.97 Å². The van der Waals surface area contributed by atoms with Crippen molar-refractivity contribution in [2.45, 2.75) is 18.8 Å². The number of carbonyl (C=O) groups excluding carboxylic acids is 1. The van der Waals surface area contributed by atoms with Gasteiger partial charge < -0.3 is 15.0 Å². The van der Waals surface area contributed by atoms with Gasteiger partial charge in [0.1, 0.15) is 17.4 Å². The minimum absolute atomic E-state index is 0.0531. The Morgan fingerprint density at radius 3 is 3.00 bits per heavy atom. The number of hydrogen-bond acceptors (Lipinski definition) is 5. The van der Waals surface area contributed by atoms with E-state index in [-0.39, 0.29) is 12.5 Å². The summed E-state index contributed by atoms with van der Waals surface area (Å²) in [6, 6.07) is 7.52. The van der Waals surface area contributed by atoms with Crippen LogP contribution in [0, 0.1) is 0 Å². The lowest BCUT2D eigenvalue weighted by Crippen LogP contribution is -2.35. The first-order valence-corrected chi connectivity index (χ1v) is 7.34. The number of amides is 1. The summed E-state index contributed by atoms with van der Waals surface area (Å²) in [5.41, 5.74) is 1.63. The lowest BCUT2D eigenvalue weighted by molar-refractivity contribution is -0.120. The number of fused-ring (bicyclic) bond motifs is 1. The minimum atomic E-state index is -0.0531. The Hall–Kier alpha value is -2.63. The van der Waals surface area contributed by atoms with Crippen molar-refractivity contribution in [3.05, 3.63) is 36.3 Å². The number of likely N-dealkylation sites (N-methyl/N-ethyl adjacent to an activating group) is 1. The quantitative estimate of drug-likeness (QED) is 0.942. The Morgan fingerprint density at radius 2 is 2.18 bits per heavy atom. The summed E-state index contributed by atoms with van der Waals surface area (Å²) in [5.74, 6) is 2.85. The molecule has 2 heterocycles. The van der Waals surface area contributed by atoms with Gasteiger partial charge in [0.05, 0.1) is 5.69 Å². The monoisotopic (exact) mass is 296 g/mol. The van der Waals surface area contributed by atoms with Gasteiger partial charge in [-0.15, -0.1) is 0 Å². The molecular weight excluding hydrogens is 280 g/mol. The molecule has 1 saturated carbocycles. The van der Waals surface area contributed by atoms with Crippen LogP contribution >= 0.6 is 0 Å². The van der Waals surface area contributed by atoms with Crippen LogP contribution in [0.5, 0.6) is 5.75 Å². The SMILES string of the molecule is CN1C(=O)COc2ccc(Nc3ccnc(C4CC4)n3)cc21. The lowest BCUT2D eigenvalue weighted by Gasteiger charge is -2.26. The van der Waals surface area contributed by atoms with Gasteiger partial charge in [-0.1, -0.05) is 0 Å². The molecule has 0 radical (unpaired) electrons. The number of carbonyl (C=O) groups is 1. The first-order chi connectivity index (χ1) is 10.7. The summed E-state index contributed by atoms with van der Waals surface area (Å²) < 4.78 is 5.43. The minimum Gasteiger partial charge on any atom is -0.482 e. The topological polar surface area (TPSA) is 67.3 Å². The summed E-state index contributed by atoms with van der Waals surface area (Å²) in [6.45, 7) is 0.0902. The highest BCUT2D eigenvalue weighted by Crippen LogP contribution is 2.38. The van der Waals surface area contributed by atoms with Gasteiger partial charge in [-0.3, -0.25) is 4.79 Å². The van der Waals surface area contributed by atoms with E-state index in [1.807, 2.05) is 24.3 Å². The molecule has 1 aliphatic carbocycles. The molecule has 112 valence electrons. The Bertz CT molecular complexity index is 743. The molecule has 0 bridgehead atoms. The molecule has 1 aliphatic heterocycles. The van der Waals surface area contributed by atoms with Crippen LogP contribution in [0.25, 0.3) is 0 Å². The van der Waals surface area contributed by atoms with E-state index in [9.17, 15) is 4.79 Å². The molecule has 1 fully saturated rings. The number of anilines is 3. The summed E-state index contributed by atoms with van der Waals surface area (Å²) in [5, 5.41) is 3.27. The maximum atomic E-state index is 11.7. The number of aromatic nitrogens is 2. The molecule has 6 nitrogen and oxygen atoms in total. The summed E-state index contributed by atoms with van der Waals surface area (Å²) in [6.07, 6.45) is 4.12. The van der Waals surface area contributed by atoms with Crippen LogP contribution in [0.4, 0.5) is 17.2 Å². The van der Waals surface area contributed by atoms with Crippen molar-refractivity contribution in [2.75, 3.05) is 23.9 Å². The van der Waals surface area contributed by atoms with E-state index in [0.29, 0.717) is 11.7 Å². The van der Waals surface area contributed by atoms with Crippen molar-refractivity contribution in [2.24, 2.45) is 0 Å². The van der Waals surface area contributed by atoms with E-state index in [2.05, 4.69) is 15.3 Å². The molecule has 6 heteroatoms. The maximum Gasteiger partial charge on any atom is 0.264 e. The lowest BCUT2D eigenvalue weighted by atomic mass is 10.2. The highest BCUT2D eigenvalue weighted by atomic mass is 16.5. The van der Waals surface area contributed by atoms with Crippen LogP contribution in [0.15, 0.2) is 30.5 Å². The predicted octanol–water partition coefficient (Wildman–Crippen LogP) is 2.45. The van der Waals surface area contributed by atoms with Crippen LogP contribution in [-0.2, 0) is 4.79 Å². The van der Waals surface area contributed by atoms with E-state index in [1.54, 1.807) is 18.1 Å². The van der Waals surface area contributed by atoms with Gasteiger partial charge in [-0.25, -0.2) is 9.97 Å². The van der Waals surface area contributed by atoms with Gasteiger partial charge in [-0.2, -0.15) is 0 Å². The number of ether oxygens (including phenoxy) is 1. The second-order valence-corrected chi connectivity index (χ2v) is 5.62. The van der Waals surface area contributed by atoms with Crippen LogP contribution in [-0.4, -0.2) is 29.5 Å². The average Bonchev–Trinajstić information content (AvgIpc) is 3.37. The van der Waals surface area contributed by atoms with Crippen molar-refractivity contribution >= 4 is 23.1 Å². The van der Waals surface area contributed by atoms with E-state index < -0.39 is 0 Å². The fraction of sp³-hybridized carbons (Fsp3) is 0.312. The predicted molar refractivity (Wildman–Crippen MR) is 82.6 cm³/mol. The molecule has 1 N–H and O–H groups in total. The van der Waals surface area contributed by atoms with Gasteiger partial charge in [0.2, 0.25) is 0 Å². The van der Waals surface area contributed by atoms with Crippen molar-refractivity contribution in [3.63, 3.8) is 0 Å². The number of hydrogen-bond donors (Lipinski definition) is 1. The highest BCUT2D eigenvalue weighted by molar-refractivity contribution is 5.98. The molecule has 0 atom stereocenters. The molecule has 2 aromatic rings. The molecule has 1 aromatic carbocycles. The van der Waals surface area contributed by atoms with Gasteiger partial charge >= 0.3 is 0 Å². The fourth-order valence-corrected chi connectivity index (χ4v) is 2.48. The fourth-order valence-electron chi connectivity index (χ4n) is 2.48. The van der Waals surface area contributed by atoms with E-state index in [0.717, 1.165) is 23.0 Å². The molecule has 4 rings (SSSR count). The Balaban J connectivity index is 1.61. The second-order valence-electron chi connectivity index (χ2n) is 5.62. The molecule has 0 unspecified atom stereocenters. The van der Waals surface area contributed by atoms with Crippen molar-refractivity contribution in [3.8, 4) is 5.75 Å². The normalized spacial score (nSPS) is 17.0. The smallest absolute Gasteiger partial charge is 0.264 e. The maximum absolute atomic E-state index is 11.7. The van der Waals surface area contributed by atoms with E-state index >= 15 is 0 Å². The number of nitrogens with one attached hydrogen (secondary N) is 1. The summed E-state index contributed by atoms with van der Waals surface area (Å²) in [7, 11) is 1.75. The standard InChI is InChI=1S/C16H16N4O2/c1-20-12-8-11(4-5-13(12)22-9-15(20)21)18-14-6-7-17-16(19-14)10-2-3-10/h4-8,10H,2-3,9H2,1H3,(H,17,18,19). The average molecular weight is 296 g/mol.